The molecule has 0 amide bonds. The average Bonchev–Trinajstić information content (AvgIpc) is 2.65. The Morgan fingerprint density at radius 3 is 2.75 bits per heavy atom. The molecule has 16 heavy (non-hydrogen) atoms. The van der Waals surface area contributed by atoms with Crippen LogP contribution in [0.2, 0.25) is 0 Å². The molecule has 1 aliphatic carbocycles. The van der Waals surface area contributed by atoms with Gasteiger partial charge in [0.2, 0.25) is 0 Å². The normalized spacial score (nSPS) is 33.9. The van der Waals surface area contributed by atoms with E-state index < -0.39 is 5.60 Å². The van der Waals surface area contributed by atoms with Gasteiger partial charge in [0, 0.05) is 6.42 Å². The molecule has 2 heteroatoms. The van der Waals surface area contributed by atoms with Crippen LogP contribution < -0.4 is 0 Å². The van der Waals surface area contributed by atoms with Crippen molar-refractivity contribution in [3.63, 3.8) is 0 Å². The Kier molecular flexibility index (Phi) is 2.87. The van der Waals surface area contributed by atoms with Crippen molar-refractivity contribution in [2.24, 2.45) is 11.3 Å². The summed E-state index contributed by atoms with van der Waals surface area (Å²) in [7, 11) is 0. The number of hydrogen-bond acceptors (Lipinski definition) is 2. The fraction of sp³-hybridized carbons (Fsp3) is 0.714. The van der Waals surface area contributed by atoms with Gasteiger partial charge in [-0.1, -0.05) is 20.8 Å². The van der Waals surface area contributed by atoms with Gasteiger partial charge in [-0.3, -0.25) is 0 Å². The molecule has 0 spiro atoms. The standard InChI is InChI=1S/C14H22O2/c1-11-9-13(2,3)6-7-14(11,15)10-12-5-4-8-16-12/h4-5,8,11,15H,6-7,9-10H2,1-3H3. The third-order valence-corrected chi connectivity index (χ3v) is 4.07. The van der Waals surface area contributed by atoms with Gasteiger partial charge in [-0.2, -0.15) is 0 Å². The lowest BCUT2D eigenvalue weighted by Crippen LogP contribution is -2.45. The van der Waals surface area contributed by atoms with Crippen molar-refractivity contribution in [1.82, 2.24) is 0 Å². The van der Waals surface area contributed by atoms with Crippen molar-refractivity contribution in [2.75, 3.05) is 0 Å². The maximum absolute atomic E-state index is 10.7. The van der Waals surface area contributed by atoms with E-state index in [9.17, 15) is 5.11 Å². The molecule has 0 radical (unpaired) electrons. The van der Waals surface area contributed by atoms with Crippen LogP contribution in [0.3, 0.4) is 0 Å². The summed E-state index contributed by atoms with van der Waals surface area (Å²) >= 11 is 0. The van der Waals surface area contributed by atoms with Gasteiger partial charge in [0.05, 0.1) is 11.9 Å². The van der Waals surface area contributed by atoms with E-state index >= 15 is 0 Å². The molecule has 2 rings (SSSR count). The van der Waals surface area contributed by atoms with Crippen LogP contribution in [0.25, 0.3) is 0 Å². The van der Waals surface area contributed by atoms with E-state index in [4.69, 9.17) is 4.42 Å². The minimum absolute atomic E-state index is 0.335. The third kappa shape index (κ3) is 2.32. The van der Waals surface area contributed by atoms with Gasteiger partial charge < -0.3 is 9.52 Å². The lowest BCUT2D eigenvalue weighted by molar-refractivity contribution is -0.0731. The first kappa shape index (κ1) is 11.7. The third-order valence-electron chi connectivity index (χ3n) is 4.07. The largest absolute Gasteiger partial charge is 0.469 e. The first-order valence-electron chi connectivity index (χ1n) is 6.16. The predicted molar refractivity (Wildman–Crippen MR) is 64.2 cm³/mol. The minimum atomic E-state index is -0.576. The van der Waals surface area contributed by atoms with Crippen molar-refractivity contribution >= 4 is 0 Å². The highest BCUT2D eigenvalue weighted by atomic mass is 16.3. The average molecular weight is 222 g/mol. The molecule has 1 N–H and O–H groups in total. The predicted octanol–water partition coefficient (Wildman–Crippen LogP) is 3.40. The molecule has 1 aromatic heterocycles. The second-order valence-electron chi connectivity index (χ2n) is 6.13. The molecule has 1 heterocycles. The summed E-state index contributed by atoms with van der Waals surface area (Å²) in [6.07, 6.45) is 5.38. The Hall–Kier alpha value is -0.760. The highest BCUT2D eigenvalue weighted by Crippen LogP contribution is 2.45. The van der Waals surface area contributed by atoms with Gasteiger partial charge in [-0.15, -0.1) is 0 Å². The monoisotopic (exact) mass is 222 g/mol. The number of furan rings is 1. The zero-order chi connectivity index (χ0) is 11.8. The summed E-state index contributed by atoms with van der Waals surface area (Å²) in [5.74, 6) is 1.23. The number of aliphatic hydroxyl groups is 1. The zero-order valence-corrected chi connectivity index (χ0v) is 10.5. The molecule has 0 bridgehead atoms. The Labute approximate surface area is 97.7 Å². The minimum Gasteiger partial charge on any atom is -0.469 e. The van der Waals surface area contributed by atoms with Gasteiger partial charge >= 0.3 is 0 Å². The number of rotatable bonds is 2. The second-order valence-corrected chi connectivity index (χ2v) is 6.13. The van der Waals surface area contributed by atoms with Crippen LogP contribution in [0.15, 0.2) is 22.8 Å². The second kappa shape index (κ2) is 3.92. The van der Waals surface area contributed by atoms with Gasteiger partial charge in [0.25, 0.3) is 0 Å². The summed E-state index contributed by atoms with van der Waals surface area (Å²) in [6.45, 7) is 6.73. The van der Waals surface area contributed by atoms with Gasteiger partial charge in [-0.05, 0) is 42.7 Å². The van der Waals surface area contributed by atoms with E-state index in [0.29, 0.717) is 17.8 Å². The Bertz CT molecular complexity index is 340. The molecule has 2 nitrogen and oxygen atoms in total. The van der Waals surface area contributed by atoms with E-state index in [0.717, 1.165) is 25.0 Å². The topological polar surface area (TPSA) is 33.4 Å². The molecule has 0 aliphatic heterocycles. The van der Waals surface area contributed by atoms with Crippen LogP contribution >= 0.6 is 0 Å². The summed E-state index contributed by atoms with van der Waals surface area (Å²) in [6, 6.07) is 3.83. The maximum atomic E-state index is 10.7. The lowest BCUT2D eigenvalue weighted by atomic mass is 9.64. The highest BCUT2D eigenvalue weighted by Gasteiger charge is 2.42. The van der Waals surface area contributed by atoms with Crippen LogP contribution in [0.1, 0.15) is 45.8 Å². The Morgan fingerprint density at radius 1 is 1.44 bits per heavy atom. The van der Waals surface area contributed by atoms with Crippen LogP contribution in [0.4, 0.5) is 0 Å². The molecule has 1 aliphatic rings. The number of hydrogen-bond donors (Lipinski definition) is 1. The Balaban J connectivity index is 2.08. The molecule has 2 unspecified atom stereocenters. The van der Waals surface area contributed by atoms with Crippen molar-refractivity contribution in [3.05, 3.63) is 24.2 Å². The van der Waals surface area contributed by atoms with E-state index in [1.807, 2.05) is 12.1 Å². The Morgan fingerprint density at radius 2 is 2.19 bits per heavy atom. The van der Waals surface area contributed by atoms with Gasteiger partial charge in [0.15, 0.2) is 0 Å². The lowest BCUT2D eigenvalue weighted by Gasteiger charge is -2.45. The summed E-state index contributed by atoms with van der Waals surface area (Å²) < 4.78 is 5.34. The highest BCUT2D eigenvalue weighted by molar-refractivity contribution is 5.06. The molecule has 0 saturated heterocycles. The van der Waals surface area contributed by atoms with Crippen LogP contribution in [0, 0.1) is 11.3 Å². The fourth-order valence-electron chi connectivity index (χ4n) is 2.90. The fourth-order valence-corrected chi connectivity index (χ4v) is 2.90. The molecular formula is C14H22O2. The first-order valence-corrected chi connectivity index (χ1v) is 6.16. The molecule has 0 aromatic carbocycles. The molecule has 2 atom stereocenters. The molecular weight excluding hydrogens is 200 g/mol. The smallest absolute Gasteiger partial charge is 0.106 e. The molecule has 1 fully saturated rings. The van der Waals surface area contributed by atoms with Crippen molar-refractivity contribution < 1.29 is 9.52 Å². The quantitative estimate of drug-likeness (QED) is 0.832. The van der Waals surface area contributed by atoms with E-state index in [1.165, 1.54) is 0 Å². The van der Waals surface area contributed by atoms with Gasteiger partial charge in [-0.25, -0.2) is 0 Å². The summed E-state index contributed by atoms with van der Waals surface area (Å²) in [5, 5.41) is 10.7. The van der Waals surface area contributed by atoms with Crippen LogP contribution in [0.5, 0.6) is 0 Å². The van der Waals surface area contributed by atoms with Crippen LogP contribution in [-0.4, -0.2) is 10.7 Å². The SMILES string of the molecule is CC1CC(C)(C)CCC1(O)Cc1ccco1. The summed E-state index contributed by atoms with van der Waals surface area (Å²) in [5.41, 5.74) is -0.206. The summed E-state index contributed by atoms with van der Waals surface area (Å²) in [4.78, 5) is 0. The van der Waals surface area contributed by atoms with E-state index in [-0.39, 0.29) is 0 Å². The van der Waals surface area contributed by atoms with E-state index in [2.05, 4.69) is 20.8 Å². The zero-order valence-electron chi connectivity index (χ0n) is 10.5. The first-order chi connectivity index (χ1) is 7.41. The van der Waals surface area contributed by atoms with E-state index in [1.54, 1.807) is 6.26 Å². The molecule has 90 valence electrons. The van der Waals surface area contributed by atoms with Crippen molar-refractivity contribution in [2.45, 2.75) is 52.1 Å². The van der Waals surface area contributed by atoms with Crippen molar-refractivity contribution in [3.8, 4) is 0 Å². The molecule has 1 aromatic rings. The van der Waals surface area contributed by atoms with Crippen LogP contribution in [-0.2, 0) is 6.42 Å². The molecule has 1 saturated carbocycles. The van der Waals surface area contributed by atoms with Crippen molar-refractivity contribution in [1.29, 1.82) is 0 Å². The van der Waals surface area contributed by atoms with Gasteiger partial charge in [0.1, 0.15) is 5.76 Å². The maximum Gasteiger partial charge on any atom is 0.106 e.